The number of ether oxygens (including phenoxy) is 1. The highest BCUT2D eigenvalue weighted by Gasteiger charge is 2.24. The highest BCUT2D eigenvalue weighted by molar-refractivity contribution is 5.92. The molecule has 0 aromatic heterocycles. The van der Waals surface area contributed by atoms with Gasteiger partial charge in [-0.1, -0.05) is 57.2 Å². The number of benzene rings is 2. The Morgan fingerprint density at radius 1 is 1.16 bits per heavy atom. The van der Waals surface area contributed by atoms with Gasteiger partial charge in [0.2, 0.25) is 0 Å². The van der Waals surface area contributed by atoms with Gasteiger partial charge >= 0.3 is 5.97 Å². The topological polar surface area (TPSA) is 66.8 Å². The molecule has 0 radical (unpaired) electrons. The number of carboxylic acids is 1. The molecule has 25 heavy (non-hydrogen) atoms. The van der Waals surface area contributed by atoms with Crippen LogP contribution in [0.5, 0.6) is 11.5 Å². The summed E-state index contributed by atoms with van der Waals surface area (Å²) in [6.45, 7) is 8.03. The third kappa shape index (κ3) is 4.63. The van der Waals surface area contributed by atoms with Crippen molar-refractivity contribution in [2.24, 2.45) is 0 Å². The lowest BCUT2D eigenvalue weighted by atomic mass is 9.85. The zero-order chi connectivity index (χ0) is 18.6. The Hall–Kier alpha value is -2.75. The number of aromatic hydroxyl groups is 1. The van der Waals surface area contributed by atoms with E-state index in [1.54, 1.807) is 6.07 Å². The summed E-state index contributed by atoms with van der Waals surface area (Å²) in [6.07, 6.45) is 3.99. The molecule has 0 atom stereocenters. The van der Waals surface area contributed by atoms with Gasteiger partial charge in [-0.05, 0) is 35.6 Å². The summed E-state index contributed by atoms with van der Waals surface area (Å²) in [6, 6.07) is 11.0. The molecule has 0 amide bonds. The second kappa shape index (κ2) is 7.43. The van der Waals surface area contributed by atoms with Crippen molar-refractivity contribution in [3.63, 3.8) is 0 Å². The third-order valence-electron chi connectivity index (χ3n) is 3.87. The highest BCUT2D eigenvalue weighted by Crippen LogP contribution is 2.37. The summed E-state index contributed by atoms with van der Waals surface area (Å²) in [4.78, 5) is 11.4. The maximum absolute atomic E-state index is 11.4. The predicted octanol–water partition coefficient (Wildman–Crippen LogP) is 5.00. The number of carboxylic acid groups (broad SMARTS) is 1. The average Bonchev–Trinajstić information content (AvgIpc) is 2.54. The summed E-state index contributed by atoms with van der Waals surface area (Å²) in [5.74, 6) is -0.954. The lowest BCUT2D eigenvalue weighted by Crippen LogP contribution is -2.14. The van der Waals surface area contributed by atoms with Crippen molar-refractivity contribution in [1.82, 2.24) is 0 Å². The van der Waals surface area contributed by atoms with Crippen molar-refractivity contribution >= 4 is 12.0 Å². The first kappa shape index (κ1) is 18.6. The quantitative estimate of drug-likeness (QED) is 0.804. The van der Waals surface area contributed by atoms with E-state index >= 15 is 0 Å². The minimum atomic E-state index is -1.18. The van der Waals surface area contributed by atoms with Crippen LogP contribution in [0, 0.1) is 0 Å². The minimum absolute atomic E-state index is 0.147. The van der Waals surface area contributed by atoms with Crippen molar-refractivity contribution < 1.29 is 19.7 Å². The van der Waals surface area contributed by atoms with Crippen molar-refractivity contribution in [2.75, 3.05) is 0 Å². The van der Waals surface area contributed by atoms with Gasteiger partial charge in [-0.2, -0.15) is 0 Å². The predicted molar refractivity (Wildman–Crippen MR) is 99.2 cm³/mol. The van der Waals surface area contributed by atoms with Crippen molar-refractivity contribution in [1.29, 1.82) is 0 Å². The molecule has 4 nitrogen and oxygen atoms in total. The zero-order valence-corrected chi connectivity index (χ0v) is 15.0. The van der Waals surface area contributed by atoms with Crippen LogP contribution < -0.4 is 4.74 Å². The van der Waals surface area contributed by atoms with E-state index in [1.165, 1.54) is 6.07 Å². The molecule has 2 aromatic carbocycles. The third-order valence-corrected chi connectivity index (χ3v) is 3.87. The van der Waals surface area contributed by atoms with Crippen LogP contribution in [0.3, 0.4) is 0 Å². The number of rotatable bonds is 5. The van der Waals surface area contributed by atoms with Crippen LogP contribution in [0.1, 0.15) is 54.7 Å². The molecule has 0 heterocycles. The molecule has 0 unspecified atom stereocenters. The Labute approximate surface area is 148 Å². The summed E-state index contributed by atoms with van der Waals surface area (Å²) < 4.78 is 5.78. The number of carbonyl (C=O) groups is 1. The molecule has 4 heteroatoms. The van der Waals surface area contributed by atoms with Gasteiger partial charge < -0.3 is 14.9 Å². The molecule has 0 bridgehead atoms. The smallest absolute Gasteiger partial charge is 0.339 e. The molecular formula is C21H24O4. The summed E-state index contributed by atoms with van der Waals surface area (Å²) in [7, 11) is 0. The Balaban J connectivity index is 2.27. The lowest BCUT2D eigenvalue weighted by molar-refractivity contribution is 0.0692. The molecule has 0 saturated carbocycles. The normalized spacial score (nSPS) is 11.7. The first-order valence-corrected chi connectivity index (χ1v) is 8.17. The number of phenols is 1. The van der Waals surface area contributed by atoms with Crippen LogP contribution in [0.15, 0.2) is 42.5 Å². The van der Waals surface area contributed by atoms with Crippen LogP contribution in [0.4, 0.5) is 0 Å². The molecule has 2 aromatic rings. The number of aromatic carboxylic acids is 1. The SMILES string of the molecule is CC=Cc1ccc(COc2cc(C(=O)O)c(O)c(C(C)(C)C)c2)cc1. The standard InChI is InChI=1S/C21H24O4/c1-5-6-14-7-9-15(10-8-14)13-25-16-11-17(20(23)24)19(22)18(12-16)21(2,3)4/h5-12,22H,13H2,1-4H3,(H,23,24). The molecule has 0 aliphatic carbocycles. The first-order chi connectivity index (χ1) is 11.7. The Morgan fingerprint density at radius 2 is 1.80 bits per heavy atom. The summed E-state index contributed by atoms with van der Waals surface area (Å²) in [5, 5.41) is 19.6. The summed E-state index contributed by atoms with van der Waals surface area (Å²) >= 11 is 0. The minimum Gasteiger partial charge on any atom is -0.507 e. The van der Waals surface area contributed by atoms with Crippen molar-refractivity contribution in [2.45, 2.75) is 39.7 Å². The molecule has 2 rings (SSSR count). The molecule has 132 valence electrons. The number of hydrogen-bond donors (Lipinski definition) is 2. The van der Waals surface area contributed by atoms with Gasteiger partial charge in [-0.3, -0.25) is 0 Å². The van der Waals surface area contributed by atoms with Gasteiger partial charge in [0, 0.05) is 5.56 Å². The fraction of sp³-hybridized carbons (Fsp3) is 0.286. The van der Waals surface area contributed by atoms with Crippen LogP contribution in [0.25, 0.3) is 6.08 Å². The maximum atomic E-state index is 11.4. The van der Waals surface area contributed by atoms with Crippen molar-refractivity contribution in [3.8, 4) is 11.5 Å². The van der Waals surface area contributed by atoms with Gasteiger partial charge in [0.1, 0.15) is 23.7 Å². The largest absolute Gasteiger partial charge is 0.507 e. The highest BCUT2D eigenvalue weighted by atomic mass is 16.5. The van der Waals surface area contributed by atoms with Gasteiger partial charge in [0.25, 0.3) is 0 Å². The number of allylic oxidation sites excluding steroid dienone is 1. The molecule has 0 saturated heterocycles. The fourth-order valence-corrected chi connectivity index (χ4v) is 2.51. The van der Waals surface area contributed by atoms with Gasteiger partial charge in [0.05, 0.1) is 0 Å². The van der Waals surface area contributed by atoms with E-state index < -0.39 is 11.4 Å². The van der Waals surface area contributed by atoms with E-state index in [2.05, 4.69) is 0 Å². The number of hydrogen-bond acceptors (Lipinski definition) is 3. The fourth-order valence-electron chi connectivity index (χ4n) is 2.51. The van der Waals surface area contributed by atoms with E-state index in [4.69, 9.17) is 4.74 Å². The van der Waals surface area contributed by atoms with Crippen LogP contribution >= 0.6 is 0 Å². The first-order valence-electron chi connectivity index (χ1n) is 8.17. The molecule has 0 aliphatic heterocycles. The molecule has 2 N–H and O–H groups in total. The summed E-state index contributed by atoms with van der Waals surface area (Å²) in [5.41, 5.74) is 2.09. The van der Waals surface area contributed by atoms with E-state index in [0.717, 1.165) is 11.1 Å². The molecule has 0 aliphatic rings. The van der Waals surface area contributed by atoms with E-state index in [-0.39, 0.29) is 11.3 Å². The van der Waals surface area contributed by atoms with Crippen LogP contribution in [-0.4, -0.2) is 16.2 Å². The van der Waals surface area contributed by atoms with Crippen LogP contribution in [-0.2, 0) is 12.0 Å². The Bertz CT molecular complexity index is 781. The Morgan fingerprint density at radius 3 is 2.32 bits per heavy atom. The van der Waals surface area contributed by atoms with E-state index in [0.29, 0.717) is 17.9 Å². The van der Waals surface area contributed by atoms with Crippen LogP contribution in [0.2, 0.25) is 0 Å². The second-order valence-electron chi connectivity index (χ2n) is 6.95. The second-order valence-corrected chi connectivity index (χ2v) is 6.95. The molecule has 0 fully saturated rings. The van der Waals surface area contributed by atoms with Gasteiger partial charge in [-0.25, -0.2) is 4.79 Å². The molecular weight excluding hydrogens is 316 g/mol. The van der Waals surface area contributed by atoms with Crippen molar-refractivity contribution in [3.05, 3.63) is 64.7 Å². The molecule has 0 spiro atoms. The van der Waals surface area contributed by atoms with E-state index in [1.807, 2.05) is 64.1 Å². The lowest BCUT2D eigenvalue weighted by Gasteiger charge is -2.22. The van der Waals surface area contributed by atoms with Gasteiger partial charge in [0.15, 0.2) is 0 Å². The monoisotopic (exact) mass is 340 g/mol. The Kier molecular flexibility index (Phi) is 5.52. The maximum Gasteiger partial charge on any atom is 0.339 e. The zero-order valence-electron chi connectivity index (χ0n) is 15.0. The van der Waals surface area contributed by atoms with Gasteiger partial charge in [-0.15, -0.1) is 0 Å². The average molecular weight is 340 g/mol. The van der Waals surface area contributed by atoms with E-state index in [9.17, 15) is 15.0 Å².